The number of hydrogen-bond donors (Lipinski definition) is 6. The van der Waals surface area contributed by atoms with Crippen molar-refractivity contribution < 1.29 is 52.4 Å². The van der Waals surface area contributed by atoms with Crippen LogP contribution in [0.1, 0.15) is 29.5 Å². The number of primary amides is 1. The fraction of sp³-hybridized carbons (Fsp3) is 0.400. The van der Waals surface area contributed by atoms with E-state index in [2.05, 4.69) is 10.3 Å². The van der Waals surface area contributed by atoms with Gasteiger partial charge in [0.25, 0.3) is 5.91 Å². The molecule has 45 heavy (non-hydrogen) atoms. The molecule has 7 N–H and O–H groups in total. The van der Waals surface area contributed by atoms with Crippen LogP contribution < -0.4 is 11.1 Å². The molecule has 1 heterocycles. The molecule has 2 aromatic rings. The molecule has 1 amide bonds. The number of nitrogens with zero attached hydrogens (tertiary/aromatic N) is 2. The van der Waals surface area contributed by atoms with Crippen LogP contribution in [-0.2, 0) is 27.3 Å². The number of benzene rings is 1. The number of carbonyl (C=O) groups excluding carboxylic acids is 3. The average molecular weight is 635 g/mol. The number of halogens is 4. The van der Waals surface area contributed by atoms with Crippen molar-refractivity contribution in [2.45, 2.75) is 43.6 Å². The van der Waals surface area contributed by atoms with Gasteiger partial charge in [0.15, 0.2) is 11.4 Å². The van der Waals surface area contributed by atoms with Gasteiger partial charge in [-0.1, -0.05) is 0 Å². The van der Waals surface area contributed by atoms with Gasteiger partial charge >= 0.3 is 6.18 Å². The lowest BCUT2D eigenvalue weighted by molar-refractivity contribution is -0.153. The van der Waals surface area contributed by atoms with Crippen molar-refractivity contribution in [2.24, 2.45) is 17.6 Å². The topological polar surface area (TPSA) is 186 Å². The number of nitrogens with one attached hydrogen (secondary N) is 1. The third kappa shape index (κ3) is 5.23. The largest absolute Gasteiger partial charge is 0.508 e. The Bertz CT molecular complexity index is 1670. The number of phenolic OH excluding ortho intramolecular Hbond substituents is 1. The van der Waals surface area contributed by atoms with Crippen LogP contribution in [0.25, 0.3) is 16.9 Å². The molecule has 0 saturated heterocycles. The molecule has 1 fully saturated rings. The fourth-order valence-corrected chi connectivity index (χ4v) is 6.75. The number of nitrogens with two attached hydrogens (primary N) is 1. The van der Waals surface area contributed by atoms with Gasteiger partial charge in [0.1, 0.15) is 22.8 Å². The van der Waals surface area contributed by atoms with Crippen molar-refractivity contribution in [1.29, 1.82) is 0 Å². The molecule has 1 aromatic carbocycles. The van der Waals surface area contributed by atoms with Crippen molar-refractivity contribution >= 4 is 23.2 Å². The van der Waals surface area contributed by atoms with Gasteiger partial charge in [-0.05, 0) is 62.2 Å². The smallest absolute Gasteiger partial charge is 0.390 e. The summed E-state index contributed by atoms with van der Waals surface area (Å²) in [6.07, 6.45) is -4.58. The van der Waals surface area contributed by atoms with Gasteiger partial charge in [0.2, 0.25) is 11.7 Å². The molecule has 0 aliphatic heterocycles. The zero-order valence-electron chi connectivity index (χ0n) is 24.1. The number of aliphatic hydroxyl groups is 3. The maximum Gasteiger partial charge on any atom is 0.390 e. The van der Waals surface area contributed by atoms with E-state index in [1.54, 1.807) is 0 Å². The van der Waals surface area contributed by atoms with Crippen molar-refractivity contribution in [3.8, 4) is 16.9 Å². The van der Waals surface area contributed by atoms with Crippen LogP contribution in [0.5, 0.6) is 5.75 Å². The molecule has 0 unspecified atom stereocenters. The number of aromatic hydroxyl groups is 1. The van der Waals surface area contributed by atoms with Gasteiger partial charge in [0, 0.05) is 41.9 Å². The van der Waals surface area contributed by atoms with E-state index < -0.39 is 88.9 Å². The lowest BCUT2D eigenvalue weighted by Gasteiger charge is -2.50. The number of aliphatic hydroxyl groups excluding tert-OH is 2. The van der Waals surface area contributed by atoms with Gasteiger partial charge in [-0.2, -0.15) is 17.6 Å². The van der Waals surface area contributed by atoms with Gasteiger partial charge in [-0.15, -0.1) is 0 Å². The lowest BCUT2D eigenvalue weighted by atomic mass is 9.57. The molecule has 1 saturated carbocycles. The minimum atomic E-state index is -4.43. The summed E-state index contributed by atoms with van der Waals surface area (Å²) in [6, 6.07) is 2.66. The van der Waals surface area contributed by atoms with E-state index in [0.717, 1.165) is 6.07 Å². The Hall–Kier alpha value is -4.34. The van der Waals surface area contributed by atoms with Gasteiger partial charge < -0.3 is 31.5 Å². The summed E-state index contributed by atoms with van der Waals surface area (Å²) in [7, 11) is 2.96. The van der Waals surface area contributed by atoms with Crippen LogP contribution in [-0.4, -0.2) is 86.2 Å². The monoisotopic (exact) mass is 634 g/mol. The number of pyridine rings is 1. The Morgan fingerprint density at radius 1 is 1.20 bits per heavy atom. The Morgan fingerprint density at radius 3 is 2.47 bits per heavy atom. The maximum atomic E-state index is 14.1. The zero-order chi connectivity index (χ0) is 33.2. The number of Topliss-reactive ketones (excluding diaryl/α,β-unsaturated/α-hetero) is 2. The third-order valence-electron chi connectivity index (χ3n) is 8.74. The summed E-state index contributed by atoms with van der Waals surface area (Å²) in [4.78, 5) is 44.6. The van der Waals surface area contributed by atoms with E-state index in [1.165, 1.54) is 37.3 Å². The summed E-state index contributed by atoms with van der Waals surface area (Å²) >= 11 is 0. The average Bonchev–Trinajstić information content (AvgIpc) is 2.93. The van der Waals surface area contributed by atoms with Crippen LogP contribution in [0.3, 0.4) is 0 Å². The number of amides is 1. The number of alkyl halides is 3. The van der Waals surface area contributed by atoms with Crippen LogP contribution in [0.2, 0.25) is 0 Å². The SMILES string of the molecule is CN(C)[C@@H]1C(=O)C(C(N)=O)=C(O)[C@@]2(O)C(=O)C3=C(O)c4c(O)c(CNCCC(F)(F)F)cc(-c5ccc(F)nc5)c4C[C@H]3C[C@@H]12. The summed E-state index contributed by atoms with van der Waals surface area (Å²) in [5, 5.41) is 48.2. The predicted molar refractivity (Wildman–Crippen MR) is 150 cm³/mol. The Labute approximate surface area is 253 Å². The number of phenols is 1. The van der Waals surface area contributed by atoms with E-state index in [4.69, 9.17) is 5.73 Å². The highest BCUT2D eigenvalue weighted by atomic mass is 19.4. The first-order valence-corrected chi connectivity index (χ1v) is 13.9. The number of fused-ring (bicyclic) bond motifs is 3. The molecule has 3 aliphatic carbocycles. The Kier molecular flexibility index (Phi) is 8.00. The molecule has 3 aliphatic rings. The van der Waals surface area contributed by atoms with Crippen LogP contribution in [0, 0.1) is 17.8 Å². The van der Waals surface area contributed by atoms with E-state index in [-0.39, 0.29) is 36.1 Å². The molecule has 4 atom stereocenters. The second-order valence-corrected chi connectivity index (χ2v) is 11.7. The number of rotatable bonds is 7. The van der Waals surface area contributed by atoms with Crippen LogP contribution >= 0.6 is 0 Å². The Morgan fingerprint density at radius 2 is 1.89 bits per heavy atom. The zero-order valence-corrected chi connectivity index (χ0v) is 24.1. The molecular weight excluding hydrogens is 604 g/mol. The van der Waals surface area contributed by atoms with E-state index >= 15 is 0 Å². The molecule has 0 bridgehead atoms. The number of hydrogen-bond acceptors (Lipinski definition) is 10. The first kappa shape index (κ1) is 32.1. The van der Waals surface area contributed by atoms with Crippen molar-refractivity contribution in [1.82, 2.24) is 15.2 Å². The number of ketones is 2. The highest BCUT2D eigenvalue weighted by Crippen LogP contribution is 2.54. The van der Waals surface area contributed by atoms with E-state index in [1.807, 2.05) is 0 Å². The second kappa shape index (κ2) is 11.2. The quantitative estimate of drug-likeness (QED) is 0.114. The standard InChI is InChI=1S/C30H30F4N4O7/c1-38(2)22-17-9-13-7-16-15(12-3-4-18(31)37-11-12)8-14(10-36-6-5-29(32,33)34)23(39)20(16)24(40)19(13)26(42)30(17,45)27(43)21(25(22)41)28(35)44/h3-4,8,11,13,17,22,36,39-40,43,45H,5-7,9-10H2,1-2H3,(H2,35,44)/t13-,17-,22-,30-/m0/s1. The highest BCUT2D eigenvalue weighted by Gasteiger charge is 2.64. The molecule has 0 radical (unpaired) electrons. The third-order valence-corrected chi connectivity index (χ3v) is 8.74. The van der Waals surface area contributed by atoms with Crippen LogP contribution in [0.4, 0.5) is 17.6 Å². The summed E-state index contributed by atoms with van der Waals surface area (Å²) in [6.45, 7) is -0.782. The Balaban J connectivity index is 1.69. The molecule has 5 rings (SSSR count). The first-order chi connectivity index (χ1) is 21.0. The van der Waals surface area contributed by atoms with Gasteiger partial charge in [-0.3, -0.25) is 19.3 Å². The van der Waals surface area contributed by atoms with Crippen molar-refractivity contribution in [3.63, 3.8) is 0 Å². The van der Waals surface area contributed by atoms with Crippen LogP contribution in [0.15, 0.2) is 41.3 Å². The summed E-state index contributed by atoms with van der Waals surface area (Å²) < 4.78 is 51.8. The first-order valence-electron chi connectivity index (χ1n) is 13.9. The highest BCUT2D eigenvalue weighted by molar-refractivity contribution is 6.24. The minimum Gasteiger partial charge on any atom is -0.508 e. The molecule has 240 valence electrons. The minimum absolute atomic E-state index is 0.0374. The molecule has 11 nitrogen and oxygen atoms in total. The van der Waals surface area contributed by atoms with E-state index in [0.29, 0.717) is 16.7 Å². The fourth-order valence-electron chi connectivity index (χ4n) is 6.75. The van der Waals surface area contributed by atoms with Gasteiger partial charge in [0.05, 0.1) is 18.0 Å². The van der Waals surface area contributed by atoms with Gasteiger partial charge in [-0.25, -0.2) is 4.98 Å². The summed E-state index contributed by atoms with van der Waals surface area (Å²) in [5.74, 6) is -8.95. The predicted octanol–water partition coefficient (Wildman–Crippen LogP) is 2.21. The van der Waals surface area contributed by atoms with E-state index in [9.17, 15) is 52.4 Å². The normalized spacial score (nSPS) is 24.9. The maximum absolute atomic E-state index is 14.1. The lowest BCUT2D eigenvalue weighted by Crippen LogP contribution is -2.65. The molecule has 0 spiro atoms. The summed E-state index contributed by atoms with van der Waals surface area (Å²) in [5.41, 5.74) is 1.94. The number of carbonyl (C=O) groups is 3. The van der Waals surface area contributed by atoms with Crippen molar-refractivity contribution in [3.05, 3.63) is 63.9 Å². The molecule has 1 aromatic heterocycles. The number of aromatic nitrogens is 1. The molecule has 15 heteroatoms. The molecular formula is C30H30F4N4O7. The second-order valence-electron chi connectivity index (χ2n) is 11.7. The number of likely N-dealkylation sites (N-methyl/N-ethyl adjacent to an activating group) is 1. The van der Waals surface area contributed by atoms with Crippen molar-refractivity contribution in [2.75, 3.05) is 20.6 Å².